The maximum atomic E-state index is 10.7. The molecule has 0 fully saturated rings. The zero-order valence-electron chi connectivity index (χ0n) is 8.89. The van der Waals surface area contributed by atoms with E-state index in [2.05, 4.69) is 9.97 Å². The maximum Gasteiger partial charge on any atom is 0.347 e. The molecule has 5 heteroatoms. The zero-order valence-corrected chi connectivity index (χ0v) is 9.71. The Morgan fingerprint density at radius 2 is 2.06 bits per heavy atom. The Hall–Kier alpha value is -1.75. The maximum absolute atomic E-state index is 10.7. The molecule has 0 aliphatic carbocycles. The number of nitrogens with zero attached hydrogens (tertiary/aromatic N) is 2. The van der Waals surface area contributed by atoms with Gasteiger partial charge in [-0.25, -0.2) is 9.78 Å². The Bertz CT molecular complexity index is 549. The van der Waals surface area contributed by atoms with E-state index < -0.39 is 5.97 Å². The number of pyridine rings is 1. The Balaban J connectivity index is 2.46. The van der Waals surface area contributed by atoms with Crippen LogP contribution in [0.4, 0.5) is 0 Å². The molecule has 2 rings (SSSR count). The Morgan fingerprint density at radius 3 is 2.62 bits per heavy atom. The van der Waals surface area contributed by atoms with E-state index in [0.29, 0.717) is 5.01 Å². The third-order valence-corrected chi connectivity index (χ3v) is 3.13. The number of aryl methyl sites for hydroxylation is 2. The summed E-state index contributed by atoms with van der Waals surface area (Å²) in [5.41, 5.74) is 2.84. The van der Waals surface area contributed by atoms with Crippen LogP contribution in [0.3, 0.4) is 0 Å². The first-order chi connectivity index (χ1) is 7.58. The van der Waals surface area contributed by atoms with Gasteiger partial charge in [0.25, 0.3) is 0 Å². The SMILES string of the molecule is Cc1cnc(-c2ncc(C(=O)O)s2)c(C)c1. The number of thiazole rings is 1. The van der Waals surface area contributed by atoms with E-state index in [1.165, 1.54) is 6.20 Å². The molecule has 0 saturated carbocycles. The van der Waals surface area contributed by atoms with Crippen molar-refractivity contribution in [2.24, 2.45) is 0 Å². The van der Waals surface area contributed by atoms with Crippen molar-refractivity contribution in [3.05, 3.63) is 34.5 Å². The van der Waals surface area contributed by atoms with Gasteiger partial charge in [-0.15, -0.1) is 11.3 Å². The fourth-order valence-corrected chi connectivity index (χ4v) is 2.24. The smallest absolute Gasteiger partial charge is 0.347 e. The van der Waals surface area contributed by atoms with Crippen LogP contribution in [0.15, 0.2) is 18.5 Å². The normalized spacial score (nSPS) is 10.4. The van der Waals surface area contributed by atoms with Crippen LogP contribution in [0, 0.1) is 13.8 Å². The third-order valence-electron chi connectivity index (χ3n) is 2.13. The summed E-state index contributed by atoms with van der Waals surface area (Å²) in [4.78, 5) is 19.3. The molecule has 2 heterocycles. The van der Waals surface area contributed by atoms with Gasteiger partial charge in [-0.1, -0.05) is 6.07 Å². The lowest BCUT2D eigenvalue weighted by atomic mass is 10.2. The number of rotatable bonds is 2. The van der Waals surface area contributed by atoms with Crippen LogP contribution in [-0.2, 0) is 0 Å². The van der Waals surface area contributed by atoms with Gasteiger partial charge in [0.1, 0.15) is 15.6 Å². The highest BCUT2D eigenvalue weighted by molar-refractivity contribution is 7.16. The van der Waals surface area contributed by atoms with Gasteiger partial charge in [0.2, 0.25) is 0 Å². The standard InChI is InChI=1S/C11H10N2O2S/c1-6-3-7(2)9(12-4-6)10-13-5-8(16-10)11(14)15/h3-5H,1-2H3,(H,14,15). The summed E-state index contributed by atoms with van der Waals surface area (Å²) in [7, 11) is 0. The van der Waals surface area contributed by atoms with Crippen molar-refractivity contribution < 1.29 is 9.90 Å². The molecule has 2 aromatic heterocycles. The molecule has 0 saturated heterocycles. The molecule has 0 spiro atoms. The zero-order chi connectivity index (χ0) is 11.7. The van der Waals surface area contributed by atoms with E-state index in [9.17, 15) is 4.79 Å². The highest BCUT2D eigenvalue weighted by Gasteiger charge is 2.12. The predicted molar refractivity (Wildman–Crippen MR) is 61.8 cm³/mol. The second-order valence-electron chi connectivity index (χ2n) is 3.51. The molecule has 0 aliphatic rings. The van der Waals surface area contributed by atoms with Crippen molar-refractivity contribution >= 4 is 17.3 Å². The fraction of sp³-hybridized carbons (Fsp3) is 0.182. The quantitative estimate of drug-likeness (QED) is 0.867. The molecule has 0 radical (unpaired) electrons. The number of aromatic nitrogens is 2. The lowest BCUT2D eigenvalue weighted by Gasteiger charge is -2.01. The van der Waals surface area contributed by atoms with Gasteiger partial charge in [-0.3, -0.25) is 4.98 Å². The van der Waals surface area contributed by atoms with Crippen molar-refractivity contribution in [3.63, 3.8) is 0 Å². The minimum absolute atomic E-state index is 0.233. The van der Waals surface area contributed by atoms with Crippen LogP contribution in [0.5, 0.6) is 0 Å². The van der Waals surface area contributed by atoms with Crippen LogP contribution < -0.4 is 0 Å². The number of carboxylic acid groups (broad SMARTS) is 1. The van der Waals surface area contributed by atoms with Crippen LogP contribution >= 0.6 is 11.3 Å². The second kappa shape index (κ2) is 4.02. The van der Waals surface area contributed by atoms with Gasteiger partial charge in [-0.2, -0.15) is 0 Å². The van der Waals surface area contributed by atoms with E-state index in [4.69, 9.17) is 5.11 Å². The van der Waals surface area contributed by atoms with E-state index in [0.717, 1.165) is 28.2 Å². The van der Waals surface area contributed by atoms with Crippen molar-refractivity contribution in [1.82, 2.24) is 9.97 Å². The topological polar surface area (TPSA) is 63.1 Å². The molecule has 0 bridgehead atoms. The second-order valence-corrected chi connectivity index (χ2v) is 4.54. The predicted octanol–water partition coefficient (Wildman–Crippen LogP) is 2.52. The molecule has 2 aromatic rings. The van der Waals surface area contributed by atoms with Crippen molar-refractivity contribution in [2.45, 2.75) is 13.8 Å². The van der Waals surface area contributed by atoms with Crippen LogP contribution in [0.25, 0.3) is 10.7 Å². The van der Waals surface area contributed by atoms with Gasteiger partial charge in [0.15, 0.2) is 0 Å². The van der Waals surface area contributed by atoms with Gasteiger partial charge >= 0.3 is 5.97 Å². The van der Waals surface area contributed by atoms with Crippen molar-refractivity contribution in [2.75, 3.05) is 0 Å². The molecule has 0 aliphatic heterocycles. The van der Waals surface area contributed by atoms with Crippen LogP contribution in [0.1, 0.15) is 20.8 Å². The van der Waals surface area contributed by atoms with Crippen LogP contribution in [0.2, 0.25) is 0 Å². The van der Waals surface area contributed by atoms with E-state index in [1.54, 1.807) is 6.20 Å². The van der Waals surface area contributed by atoms with Crippen molar-refractivity contribution in [1.29, 1.82) is 0 Å². The summed E-state index contributed by atoms with van der Waals surface area (Å²) in [5.74, 6) is -0.950. The largest absolute Gasteiger partial charge is 0.477 e. The molecular weight excluding hydrogens is 224 g/mol. The van der Waals surface area contributed by atoms with E-state index >= 15 is 0 Å². The highest BCUT2D eigenvalue weighted by atomic mass is 32.1. The number of carbonyl (C=O) groups is 1. The molecule has 82 valence electrons. The minimum atomic E-state index is -0.950. The monoisotopic (exact) mass is 234 g/mol. The summed E-state index contributed by atoms with van der Waals surface area (Å²) in [6.07, 6.45) is 3.12. The number of hydrogen-bond acceptors (Lipinski definition) is 4. The fourth-order valence-electron chi connectivity index (χ4n) is 1.42. The average Bonchev–Trinajstić information content (AvgIpc) is 2.66. The first kappa shape index (κ1) is 10.8. The average molecular weight is 234 g/mol. The highest BCUT2D eigenvalue weighted by Crippen LogP contribution is 2.26. The summed E-state index contributed by atoms with van der Waals surface area (Å²) < 4.78 is 0. The molecule has 0 atom stereocenters. The minimum Gasteiger partial charge on any atom is -0.477 e. The van der Waals surface area contributed by atoms with Gasteiger partial charge in [0.05, 0.1) is 6.20 Å². The summed E-state index contributed by atoms with van der Waals surface area (Å²) in [6, 6.07) is 2.00. The first-order valence-electron chi connectivity index (χ1n) is 4.70. The van der Waals surface area contributed by atoms with Gasteiger partial charge < -0.3 is 5.11 Å². The van der Waals surface area contributed by atoms with E-state index in [-0.39, 0.29) is 4.88 Å². The third kappa shape index (κ3) is 1.94. The molecule has 16 heavy (non-hydrogen) atoms. The Kier molecular flexibility index (Phi) is 2.70. The molecule has 4 nitrogen and oxygen atoms in total. The summed E-state index contributed by atoms with van der Waals surface area (Å²) in [5, 5.41) is 9.46. The number of hydrogen-bond donors (Lipinski definition) is 1. The Morgan fingerprint density at radius 1 is 1.31 bits per heavy atom. The number of aromatic carboxylic acids is 1. The Labute approximate surface area is 96.6 Å². The van der Waals surface area contributed by atoms with Gasteiger partial charge in [-0.05, 0) is 25.0 Å². The molecule has 0 aromatic carbocycles. The summed E-state index contributed by atoms with van der Waals surface area (Å²) >= 11 is 1.14. The first-order valence-corrected chi connectivity index (χ1v) is 5.52. The van der Waals surface area contributed by atoms with E-state index in [1.807, 2.05) is 19.9 Å². The molecule has 1 N–H and O–H groups in total. The lowest BCUT2D eigenvalue weighted by Crippen LogP contribution is -1.90. The van der Waals surface area contributed by atoms with Crippen LogP contribution in [-0.4, -0.2) is 21.0 Å². The molecule has 0 unspecified atom stereocenters. The van der Waals surface area contributed by atoms with Crippen molar-refractivity contribution in [3.8, 4) is 10.7 Å². The number of carboxylic acids is 1. The summed E-state index contributed by atoms with van der Waals surface area (Å²) in [6.45, 7) is 3.91. The lowest BCUT2D eigenvalue weighted by molar-refractivity contribution is 0.0702. The van der Waals surface area contributed by atoms with Gasteiger partial charge in [0, 0.05) is 6.20 Å². The molecule has 0 amide bonds. The molecular formula is C11H10N2O2S.